The van der Waals surface area contributed by atoms with Gasteiger partial charge in [0, 0.05) is 11.4 Å². The van der Waals surface area contributed by atoms with Crippen LogP contribution in [-0.4, -0.2) is 28.9 Å². The highest BCUT2D eigenvalue weighted by atomic mass is 32.1. The number of aromatic nitrogens is 1. The average Bonchev–Trinajstić information content (AvgIpc) is 3.15. The number of halogens is 1. The highest BCUT2D eigenvalue weighted by Crippen LogP contribution is 2.26. The van der Waals surface area contributed by atoms with E-state index in [9.17, 15) is 9.18 Å². The van der Waals surface area contributed by atoms with Gasteiger partial charge in [-0.25, -0.2) is 9.37 Å². The van der Waals surface area contributed by atoms with Crippen LogP contribution in [-0.2, 0) is 11.3 Å². The molecular formula is C16H16FN3OS2. The fourth-order valence-electron chi connectivity index (χ4n) is 2.22. The Balaban J connectivity index is 1.62. The number of fused-ring (bicyclic) bond motifs is 1. The molecular weight excluding hydrogens is 333 g/mol. The molecule has 0 saturated carbocycles. The summed E-state index contributed by atoms with van der Waals surface area (Å²) in [5.74, 6) is -0.407. The molecule has 0 aliphatic carbocycles. The first-order valence-electron chi connectivity index (χ1n) is 7.24. The number of benzene rings is 1. The largest absolute Gasteiger partial charge is 0.301 e. The maximum atomic E-state index is 13.2. The second kappa shape index (κ2) is 7.16. The van der Waals surface area contributed by atoms with Crippen molar-refractivity contribution in [3.05, 3.63) is 46.4 Å². The maximum Gasteiger partial charge on any atom is 0.240 e. The number of anilines is 1. The van der Waals surface area contributed by atoms with Crippen molar-refractivity contribution in [1.82, 2.24) is 9.88 Å². The predicted molar refractivity (Wildman–Crippen MR) is 93.5 cm³/mol. The maximum absolute atomic E-state index is 13.2. The number of likely N-dealkylation sites (N-methyl/N-ethyl adjacent to an activating group) is 1. The van der Waals surface area contributed by atoms with Crippen molar-refractivity contribution in [3.63, 3.8) is 0 Å². The minimum absolute atomic E-state index is 0.108. The van der Waals surface area contributed by atoms with Crippen LogP contribution < -0.4 is 5.32 Å². The highest BCUT2D eigenvalue weighted by molar-refractivity contribution is 7.22. The number of amides is 1. The van der Waals surface area contributed by atoms with Gasteiger partial charge in [-0.15, -0.1) is 11.3 Å². The van der Waals surface area contributed by atoms with Crippen LogP contribution in [0.4, 0.5) is 9.52 Å². The predicted octanol–water partition coefficient (Wildman–Crippen LogP) is 3.96. The number of carbonyl (C=O) groups is 1. The van der Waals surface area contributed by atoms with Crippen LogP contribution in [0, 0.1) is 5.82 Å². The van der Waals surface area contributed by atoms with E-state index in [4.69, 9.17) is 0 Å². The van der Waals surface area contributed by atoms with Gasteiger partial charge in [0.05, 0.1) is 16.8 Å². The molecule has 23 heavy (non-hydrogen) atoms. The average molecular weight is 349 g/mol. The molecule has 0 unspecified atom stereocenters. The van der Waals surface area contributed by atoms with Crippen molar-refractivity contribution in [1.29, 1.82) is 0 Å². The Kier molecular flexibility index (Phi) is 5.00. The molecule has 0 spiro atoms. The van der Waals surface area contributed by atoms with Crippen LogP contribution in [0.3, 0.4) is 0 Å². The number of thiophene rings is 1. The normalized spacial score (nSPS) is 11.3. The molecule has 0 aliphatic rings. The lowest BCUT2D eigenvalue weighted by atomic mass is 10.3. The molecule has 3 aromatic rings. The Hall–Kier alpha value is -1.83. The number of nitrogens with one attached hydrogen (secondary N) is 1. The number of nitrogens with zero attached hydrogens (tertiary/aromatic N) is 2. The quantitative estimate of drug-likeness (QED) is 0.733. The number of rotatable bonds is 6. The van der Waals surface area contributed by atoms with E-state index in [1.54, 1.807) is 17.4 Å². The molecule has 7 heteroatoms. The molecule has 0 aliphatic heterocycles. The third-order valence-electron chi connectivity index (χ3n) is 3.37. The van der Waals surface area contributed by atoms with Crippen molar-refractivity contribution in [3.8, 4) is 0 Å². The van der Waals surface area contributed by atoms with Crippen molar-refractivity contribution >= 4 is 43.9 Å². The van der Waals surface area contributed by atoms with Crippen molar-refractivity contribution in [2.75, 3.05) is 18.4 Å². The summed E-state index contributed by atoms with van der Waals surface area (Å²) in [5, 5.41) is 5.34. The molecule has 4 nitrogen and oxygen atoms in total. The van der Waals surface area contributed by atoms with Crippen LogP contribution in [0.2, 0.25) is 0 Å². The van der Waals surface area contributed by atoms with Gasteiger partial charge in [0.15, 0.2) is 5.13 Å². The first-order valence-corrected chi connectivity index (χ1v) is 8.94. The summed E-state index contributed by atoms with van der Waals surface area (Å²) in [4.78, 5) is 19.8. The third-order valence-corrected chi connectivity index (χ3v) is 5.17. The van der Waals surface area contributed by atoms with Crippen LogP contribution in [0.5, 0.6) is 0 Å². The Morgan fingerprint density at radius 1 is 1.39 bits per heavy atom. The van der Waals surface area contributed by atoms with E-state index in [1.807, 2.05) is 18.4 Å². The highest BCUT2D eigenvalue weighted by Gasteiger charge is 2.13. The van der Waals surface area contributed by atoms with Crippen molar-refractivity contribution in [2.45, 2.75) is 13.5 Å². The standard InChI is InChI=1S/C16H16FN3OS2/c1-2-20(9-12-4-3-7-22-12)10-15(21)19-16-18-13-6-5-11(17)8-14(13)23-16/h3-8H,2,9-10H2,1H3,(H,18,19,21). The van der Waals surface area contributed by atoms with Crippen LogP contribution in [0.1, 0.15) is 11.8 Å². The van der Waals surface area contributed by atoms with E-state index in [0.29, 0.717) is 17.2 Å². The summed E-state index contributed by atoms with van der Waals surface area (Å²) >= 11 is 2.96. The lowest BCUT2D eigenvalue weighted by molar-refractivity contribution is -0.117. The Morgan fingerprint density at radius 2 is 2.26 bits per heavy atom. The molecule has 1 amide bonds. The summed E-state index contributed by atoms with van der Waals surface area (Å²) in [6.07, 6.45) is 0. The fourth-order valence-corrected chi connectivity index (χ4v) is 3.87. The Labute approximate surface area is 141 Å². The molecule has 0 radical (unpaired) electrons. The smallest absolute Gasteiger partial charge is 0.240 e. The van der Waals surface area contributed by atoms with Gasteiger partial charge in [-0.05, 0) is 36.2 Å². The van der Waals surface area contributed by atoms with Gasteiger partial charge >= 0.3 is 0 Å². The zero-order valence-electron chi connectivity index (χ0n) is 12.6. The SMILES string of the molecule is CCN(CC(=O)Nc1nc2ccc(F)cc2s1)Cc1cccs1. The van der Waals surface area contributed by atoms with Gasteiger partial charge in [-0.1, -0.05) is 24.3 Å². The van der Waals surface area contributed by atoms with Gasteiger partial charge in [0.25, 0.3) is 0 Å². The lowest BCUT2D eigenvalue weighted by Crippen LogP contribution is -2.32. The number of thiazole rings is 1. The second-order valence-corrected chi connectivity index (χ2v) is 7.12. The molecule has 3 rings (SSSR count). The van der Waals surface area contributed by atoms with E-state index in [-0.39, 0.29) is 11.7 Å². The van der Waals surface area contributed by atoms with Gasteiger partial charge < -0.3 is 5.32 Å². The second-order valence-electron chi connectivity index (χ2n) is 5.06. The Morgan fingerprint density at radius 3 is 3.00 bits per heavy atom. The Bertz CT molecular complexity index is 801. The molecule has 120 valence electrons. The van der Waals surface area contributed by atoms with Gasteiger partial charge in [-0.3, -0.25) is 9.69 Å². The lowest BCUT2D eigenvalue weighted by Gasteiger charge is -2.18. The van der Waals surface area contributed by atoms with E-state index in [2.05, 4.69) is 21.3 Å². The van der Waals surface area contributed by atoms with Crippen molar-refractivity contribution in [2.24, 2.45) is 0 Å². The summed E-state index contributed by atoms with van der Waals surface area (Å²) < 4.78 is 13.9. The minimum atomic E-state index is -0.299. The first-order chi connectivity index (χ1) is 11.1. The molecule has 0 saturated heterocycles. The molecule has 0 fully saturated rings. The summed E-state index contributed by atoms with van der Waals surface area (Å²) in [7, 11) is 0. The van der Waals surface area contributed by atoms with Gasteiger partial charge in [-0.2, -0.15) is 0 Å². The van der Waals surface area contributed by atoms with Crippen LogP contribution in [0.15, 0.2) is 35.7 Å². The van der Waals surface area contributed by atoms with E-state index < -0.39 is 0 Å². The van der Waals surface area contributed by atoms with E-state index in [1.165, 1.54) is 28.3 Å². The molecule has 1 N–H and O–H groups in total. The van der Waals surface area contributed by atoms with Crippen molar-refractivity contribution < 1.29 is 9.18 Å². The monoisotopic (exact) mass is 349 g/mol. The van der Waals surface area contributed by atoms with Gasteiger partial charge in [0.1, 0.15) is 5.82 Å². The molecule has 2 heterocycles. The number of carbonyl (C=O) groups excluding carboxylic acids is 1. The summed E-state index contributed by atoms with van der Waals surface area (Å²) in [6.45, 7) is 3.88. The van der Waals surface area contributed by atoms with E-state index >= 15 is 0 Å². The zero-order valence-corrected chi connectivity index (χ0v) is 14.2. The van der Waals surface area contributed by atoms with E-state index in [0.717, 1.165) is 17.8 Å². The first kappa shape index (κ1) is 16.0. The fraction of sp³-hybridized carbons (Fsp3) is 0.250. The summed E-state index contributed by atoms with van der Waals surface area (Å²) in [5.41, 5.74) is 0.692. The van der Waals surface area contributed by atoms with Crippen LogP contribution >= 0.6 is 22.7 Å². The number of hydrogen-bond acceptors (Lipinski definition) is 5. The van der Waals surface area contributed by atoms with Crippen LogP contribution in [0.25, 0.3) is 10.2 Å². The topological polar surface area (TPSA) is 45.2 Å². The summed E-state index contributed by atoms with van der Waals surface area (Å²) in [6, 6.07) is 8.48. The molecule has 1 aromatic carbocycles. The zero-order chi connectivity index (χ0) is 16.2. The molecule has 2 aromatic heterocycles. The number of hydrogen-bond donors (Lipinski definition) is 1. The molecule has 0 atom stereocenters. The van der Waals surface area contributed by atoms with Gasteiger partial charge in [0.2, 0.25) is 5.91 Å². The minimum Gasteiger partial charge on any atom is -0.301 e. The molecule has 0 bridgehead atoms. The third kappa shape index (κ3) is 4.13.